The summed E-state index contributed by atoms with van der Waals surface area (Å²) in [5, 5.41) is -0.366. The van der Waals surface area contributed by atoms with Crippen molar-refractivity contribution in [2.45, 2.75) is 19.0 Å². The van der Waals surface area contributed by atoms with Crippen LogP contribution in [0.5, 0.6) is 0 Å². The summed E-state index contributed by atoms with van der Waals surface area (Å²) >= 11 is 3.63. The van der Waals surface area contributed by atoms with Crippen molar-refractivity contribution in [3.8, 4) is 0 Å². The topological polar surface area (TPSA) is 17.1 Å². The van der Waals surface area contributed by atoms with Crippen LogP contribution in [0.15, 0.2) is 24.3 Å². The van der Waals surface area contributed by atoms with E-state index in [-0.39, 0.29) is 5.12 Å². The van der Waals surface area contributed by atoms with E-state index in [0.29, 0.717) is 5.56 Å². The van der Waals surface area contributed by atoms with Gasteiger partial charge in [-0.25, -0.2) is 0 Å². The first-order valence-corrected chi connectivity index (χ1v) is 4.67. The van der Waals surface area contributed by atoms with Gasteiger partial charge in [-0.05, 0) is 17.7 Å². The standard InChI is InChI=1S/C10H9F3OS/c1-6(9(14)15)7-2-4-8(5-3-7)10(11,12)13/h2-6H,1H3,(H,14,15). The van der Waals surface area contributed by atoms with Crippen LogP contribution in [-0.4, -0.2) is 5.12 Å². The second-order valence-corrected chi connectivity index (χ2v) is 3.62. The minimum Gasteiger partial charge on any atom is -0.287 e. The van der Waals surface area contributed by atoms with E-state index < -0.39 is 17.7 Å². The van der Waals surface area contributed by atoms with Crippen molar-refractivity contribution in [1.29, 1.82) is 0 Å². The quantitative estimate of drug-likeness (QED) is 0.777. The lowest BCUT2D eigenvalue weighted by molar-refractivity contribution is -0.137. The van der Waals surface area contributed by atoms with Crippen LogP contribution in [0.3, 0.4) is 0 Å². The molecule has 1 nitrogen and oxygen atoms in total. The minimum atomic E-state index is -4.34. The lowest BCUT2D eigenvalue weighted by Gasteiger charge is -2.10. The maximum Gasteiger partial charge on any atom is 0.416 e. The number of hydrogen-bond acceptors (Lipinski definition) is 1. The zero-order valence-electron chi connectivity index (χ0n) is 7.88. The molecule has 82 valence electrons. The van der Waals surface area contributed by atoms with Crippen molar-refractivity contribution >= 4 is 17.7 Å². The smallest absolute Gasteiger partial charge is 0.287 e. The molecule has 0 saturated carbocycles. The summed E-state index contributed by atoms with van der Waals surface area (Å²) < 4.78 is 36.6. The maximum atomic E-state index is 12.2. The maximum absolute atomic E-state index is 12.2. The van der Waals surface area contributed by atoms with E-state index in [1.54, 1.807) is 6.92 Å². The van der Waals surface area contributed by atoms with Crippen LogP contribution < -0.4 is 0 Å². The third-order valence-electron chi connectivity index (χ3n) is 2.11. The van der Waals surface area contributed by atoms with Crippen LogP contribution >= 0.6 is 12.6 Å². The highest BCUT2D eigenvalue weighted by atomic mass is 32.1. The predicted octanol–water partition coefficient (Wildman–Crippen LogP) is 3.27. The summed E-state index contributed by atoms with van der Waals surface area (Å²) in [6.45, 7) is 1.60. The summed E-state index contributed by atoms with van der Waals surface area (Å²) in [6.07, 6.45) is -4.34. The number of rotatable bonds is 2. The van der Waals surface area contributed by atoms with Crippen LogP contribution in [-0.2, 0) is 11.0 Å². The first-order valence-electron chi connectivity index (χ1n) is 4.22. The van der Waals surface area contributed by atoms with Gasteiger partial charge in [0.25, 0.3) is 0 Å². The molecule has 1 atom stereocenters. The highest BCUT2D eigenvalue weighted by molar-refractivity contribution is 7.96. The molecule has 0 saturated heterocycles. The molecular formula is C10H9F3OS. The average Bonchev–Trinajstić information content (AvgIpc) is 2.15. The van der Waals surface area contributed by atoms with E-state index in [1.807, 2.05) is 0 Å². The number of benzene rings is 1. The summed E-state index contributed by atoms with van der Waals surface area (Å²) in [5.41, 5.74) is -0.187. The van der Waals surface area contributed by atoms with Gasteiger partial charge in [0.1, 0.15) is 0 Å². The highest BCUT2D eigenvalue weighted by Crippen LogP contribution is 2.30. The molecule has 0 spiro atoms. The molecule has 0 N–H and O–H groups in total. The van der Waals surface area contributed by atoms with Gasteiger partial charge in [0.15, 0.2) is 5.12 Å². The Balaban J connectivity index is 2.95. The monoisotopic (exact) mass is 234 g/mol. The van der Waals surface area contributed by atoms with Gasteiger partial charge in [-0.3, -0.25) is 4.79 Å². The third-order valence-corrected chi connectivity index (χ3v) is 2.50. The van der Waals surface area contributed by atoms with Crippen molar-refractivity contribution in [2.24, 2.45) is 0 Å². The molecule has 0 aliphatic rings. The highest BCUT2D eigenvalue weighted by Gasteiger charge is 2.30. The Morgan fingerprint density at radius 3 is 2.07 bits per heavy atom. The number of carbonyl (C=O) groups excluding carboxylic acids is 1. The van der Waals surface area contributed by atoms with Crippen LogP contribution in [0.25, 0.3) is 0 Å². The van der Waals surface area contributed by atoms with E-state index in [9.17, 15) is 18.0 Å². The van der Waals surface area contributed by atoms with Crippen LogP contribution in [0, 0.1) is 0 Å². The van der Waals surface area contributed by atoms with Crippen molar-refractivity contribution in [3.63, 3.8) is 0 Å². The molecule has 0 amide bonds. The molecule has 15 heavy (non-hydrogen) atoms. The van der Waals surface area contributed by atoms with E-state index >= 15 is 0 Å². The number of carbonyl (C=O) groups is 1. The third kappa shape index (κ3) is 2.99. The molecule has 0 aliphatic carbocycles. The summed E-state index contributed by atoms with van der Waals surface area (Å²) in [4.78, 5) is 10.9. The molecule has 1 aromatic rings. The van der Waals surface area contributed by atoms with E-state index in [1.165, 1.54) is 12.1 Å². The molecular weight excluding hydrogens is 225 g/mol. The van der Waals surface area contributed by atoms with Gasteiger partial charge >= 0.3 is 6.18 Å². The summed E-state index contributed by atoms with van der Waals surface area (Å²) in [7, 11) is 0. The Bertz CT molecular complexity index is 356. The first kappa shape index (κ1) is 12.1. The molecule has 0 bridgehead atoms. The lowest BCUT2D eigenvalue weighted by Crippen LogP contribution is -2.06. The van der Waals surface area contributed by atoms with Gasteiger partial charge in [0, 0.05) is 0 Å². The van der Waals surface area contributed by atoms with Crippen molar-refractivity contribution in [1.82, 2.24) is 0 Å². The Morgan fingerprint density at radius 1 is 1.27 bits per heavy atom. The predicted molar refractivity (Wildman–Crippen MR) is 53.9 cm³/mol. The summed E-state index contributed by atoms with van der Waals surface area (Å²) in [5.74, 6) is -0.490. The molecule has 0 fully saturated rings. The molecule has 5 heteroatoms. The molecule has 0 heterocycles. The molecule has 1 unspecified atom stereocenters. The number of halogens is 3. The van der Waals surface area contributed by atoms with Crippen LogP contribution in [0.4, 0.5) is 13.2 Å². The van der Waals surface area contributed by atoms with Gasteiger partial charge in [-0.1, -0.05) is 19.1 Å². The van der Waals surface area contributed by atoms with Gasteiger partial charge in [0.2, 0.25) is 0 Å². The van der Waals surface area contributed by atoms with Gasteiger partial charge in [0.05, 0.1) is 11.5 Å². The lowest BCUT2D eigenvalue weighted by atomic mass is 10.0. The second kappa shape index (κ2) is 4.26. The SMILES string of the molecule is CC(C(=O)S)c1ccc(C(F)(F)F)cc1. The van der Waals surface area contributed by atoms with Crippen molar-refractivity contribution in [2.75, 3.05) is 0 Å². The zero-order chi connectivity index (χ0) is 11.6. The normalized spacial score (nSPS) is 13.7. The van der Waals surface area contributed by atoms with E-state index in [4.69, 9.17) is 0 Å². The van der Waals surface area contributed by atoms with E-state index in [2.05, 4.69) is 12.6 Å². The number of alkyl halides is 3. The van der Waals surface area contributed by atoms with Crippen LogP contribution in [0.1, 0.15) is 24.0 Å². The zero-order valence-corrected chi connectivity index (χ0v) is 8.77. The Kier molecular flexibility index (Phi) is 3.44. The van der Waals surface area contributed by atoms with Crippen LogP contribution in [0.2, 0.25) is 0 Å². The first-order chi connectivity index (χ1) is 6.82. The minimum absolute atomic E-state index is 0.366. The van der Waals surface area contributed by atoms with E-state index in [0.717, 1.165) is 12.1 Å². The van der Waals surface area contributed by atoms with Gasteiger partial charge in [-0.2, -0.15) is 13.2 Å². The summed E-state index contributed by atoms with van der Waals surface area (Å²) in [6, 6.07) is 4.51. The molecule has 0 aliphatic heterocycles. The fourth-order valence-electron chi connectivity index (χ4n) is 1.10. The average molecular weight is 234 g/mol. The Labute approximate surface area is 90.7 Å². The number of thiol groups is 1. The van der Waals surface area contributed by atoms with Gasteiger partial charge in [-0.15, -0.1) is 12.6 Å². The second-order valence-electron chi connectivity index (χ2n) is 3.18. The van der Waals surface area contributed by atoms with Crippen molar-refractivity contribution < 1.29 is 18.0 Å². The molecule has 1 rings (SSSR count). The molecule has 0 radical (unpaired) electrons. The van der Waals surface area contributed by atoms with Crippen molar-refractivity contribution in [3.05, 3.63) is 35.4 Å². The Hall–Kier alpha value is -0.970. The largest absolute Gasteiger partial charge is 0.416 e. The fourth-order valence-corrected chi connectivity index (χ4v) is 1.25. The van der Waals surface area contributed by atoms with Gasteiger partial charge < -0.3 is 0 Å². The Morgan fingerprint density at radius 2 is 1.73 bits per heavy atom. The number of hydrogen-bond donors (Lipinski definition) is 1. The molecule has 0 aromatic heterocycles. The fraction of sp³-hybridized carbons (Fsp3) is 0.300. The molecule has 1 aromatic carbocycles.